The molecular weight excluding hydrogens is 436 g/mol. The first-order valence-corrected chi connectivity index (χ1v) is 12.4. The van der Waals surface area contributed by atoms with Gasteiger partial charge < -0.3 is 0 Å². The molecule has 6 nitrogen and oxygen atoms in total. The van der Waals surface area contributed by atoms with E-state index in [0.29, 0.717) is 23.6 Å². The predicted octanol–water partition coefficient (Wildman–Crippen LogP) is 4.39. The molecule has 2 aliphatic rings. The van der Waals surface area contributed by atoms with Gasteiger partial charge in [-0.3, -0.25) is 9.59 Å². The molecule has 2 aromatic rings. The monoisotopic (exact) mass is 460 g/mol. The van der Waals surface area contributed by atoms with Crippen molar-refractivity contribution in [3.05, 3.63) is 59.6 Å². The van der Waals surface area contributed by atoms with Crippen LogP contribution < -0.4 is 4.90 Å². The zero-order chi connectivity index (χ0) is 22.0. The van der Waals surface area contributed by atoms with Crippen molar-refractivity contribution < 1.29 is 18.0 Å². The maximum atomic E-state index is 13.7. The fourth-order valence-electron chi connectivity index (χ4n) is 4.52. The van der Waals surface area contributed by atoms with Crippen molar-refractivity contribution in [3.8, 4) is 0 Å². The van der Waals surface area contributed by atoms with Gasteiger partial charge in [0.15, 0.2) is 0 Å². The number of nitrogens with zero attached hydrogens (tertiary/aromatic N) is 2. The molecule has 0 bridgehead atoms. The molecule has 1 atom stereocenters. The summed E-state index contributed by atoms with van der Waals surface area (Å²) in [7, 11) is -3.96. The maximum absolute atomic E-state index is 13.7. The summed E-state index contributed by atoms with van der Waals surface area (Å²) in [6.45, 7) is 0. The number of rotatable bonds is 5. The number of benzene rings is 2. The van der Waals surface area contributed by atoms with Gasteiger partial charge in [0.25, 0.3) is 5.91 Å². The molecule has 1 unspecified atom stereocenters. The van der Waals surface area contributed by atoms with Crippen LogP contribution in [0, 0.1) is 0 Å². The minimum absolute atomic E-state index is 0.143. The van der Waals surface area contributed by atoms with E-state index in [9.17, 15) is 18.0 Å². The van der Waals surface area contributed by atoms with Crippen LogP contribution in [0.1, 0.15) is 44.9 Å². The molecular formula is C23H25ClN2O4S. The first kappa shape index (κ1) is 22.0. The number of carbonyl (C=O) groups excluding carboxylic acids is 2. The molecule has 0 radical (unpaired) electrons. The Bertz CT molecular complexity index is 1050. The van der Waals surface area contributed by atoms with E-state index in [0.717, 1.165) is 30.6 Å². The van der Waals surface area contributed by atoms with Gasteiger partial charge in [-0.2, -0.15) is 4.31 Å². The second-order valence-electron chi connectivity index (χ2n) is 8.06. The van der Waals surface area contributed by atoms with Gasteiger partial charge in [-0.1, -0.05) is 55.5 Å². The lowest BCUT2D eigenvalue weighted by Gasteiger charge is -2.33. The Morgan fingerprint density at radius 2 is 1.48 bits per heavy atom. The van der Waals surface area contributed by atoms with Crippen LogP contribution in [0.25, 0.3) is 0 Å². The van der Waals surface area contributed by atoms with Crippen molar-refractivity contribution >= 4 is 39.1 Å². The van der Waals surface area contributed by atoms with Gasteiger partial charge in [0.1, 0.15) is 6.04 Å². The van der Waals surface area contributed by atoms with E-state index in [-0.39, 0.29) is 17.4 Å². The van der Waals surface area contributed by atoms with Crippen LogP contribution in [0.15, 0.2) is 59.5 Å². The third-order valence-corrected chi connectivity index (χ3v) is 8.25. The maximum Gasteiger partial charge on any atom is 0.252 e. The predicted molar refractivity (Wildman–Crippen MR) is 119 cm³/mol. The molecule has 2 fully saturated rings. The molecule has 0 N–H and O–H groups in total. The molecule has 164 valence electrons. The molecule has 4 rings (SSSR count). The normalized spacial score (nSPS) is 21.0. The van der Waals surface area contributed by atoms with E-state index in [1.807, 2.05) is 0 Å². The molecule has 0 aromatic heterocycles. The summed E-state index contributed by atoms with van der Waals surface area (Å²) in [6, 6.07) is 13.2. The minimum Gasteiger partial charge on any atom is -0.274 e. The number of sulfonamides is 1. The molecule has 2 amide bonds. The lowest BCUT2D eigenvalue weighted by atomic mass is 10.1. The summed E-state index contributed by atoms with van der Waals surface area (Å²) in [4.78, 5) is 27.5. The Kier molecular flexibility index (Phi) is 6.46. The largest absolute Gasteiger partial charge is 0.274 e. The second-order valence-corrected chi connectivity index (χ2v) is 10.3. The van der Waals surface area contributed by atoms with E-state index >= 15 is 0 Å². The molecule has 1 saturated carbocycles. The summed E-state index contributed by atoms with van der Waals surface area (Å²) in [6.07, 6.45) is 5.11. The number of imide groups is 1. The van der Waals surface area contributed by atoms with Crippen molar-refractivity contribution in [3.63, 3.8) is 0 Å². The van der Waals surface area contributed by atoms with Crippen molar-refractivity contribution in [2.45, 2.75) is 61.9 Å². The van der Waals surface area contributed by atoms with Crippen LogP contribution in [0.5, 0.6) is 0 Å². The highest BCUT2D eigenvalue weighted by Crippen LogP contribution is 2.34. The average Bonchev–Trinajstić information content (AvgIpc) is 2.92. The summed E-state index contributed by atoms with van der Waals surface area (Å²) in [5.41, 5.74) is 0.403. The Morgan fingerprint density at radius 3 is 2.10 bits per heavy atom. The highest BCUT2D eigenvalue weighted by Gasteiger charge is 2.49. The first-order valence-electron chi connectivity index (χ1n) is 10.6. The second kappa shape index (κ2) is 9.10. The Balaban J connectivity index is 1.74. The van der Waals surface area contributed by atoms with Gasteiger partial charge in [-0.15, -0.1) is 0 Å². The van der Waals surface area contributed by atoms with Crippen molar-refractivity contribution in [1.82, 2.24) is 4.31 Å². The number of carbonyl (C=O) groups is 2. The topological polar surface area (TPSA) is 74.8 Å². The number of halogens is 1. The zero-order valence-electron chi connectivity index (χ0n) is 17.1. The molecule has 0 spiro atoms. The highest BCUT2D eigenvalue weighted by molar-refractivity contribution is 7.89. The van der Waals surface area contributed by atoms with Crippen molar-refractivity contribution in [2.75, 3.05) is 4.90 Å². The molecule has 8 heteroatoms. The number of amides is 2. The fraction of sp³-hybridized carbons (Fsp3) is 0.391. The first-order chi connectivity index (χ1) is 14.9. The lowest BCUT2D eigenvalue weighted by Crippen LogP contribution is -2.50. The van der Waals surface area contributed by atoms with Crippen LogP contribution in [0.2, 0.25) is 5.02 Å². The Hall–Kier alpha value is -2.22. The van der Waals surface area contributed by atoms with Crippen LogP contribution in [-0.2, 0) is 19.6 Å². The van der Waals surface area contributed by atoms with Crippen LogP contribution in [0.3, 0.4) is 0 Å². The quantitative estimate of drug-likeness (QED) is 0.490. The smallest absolute Gasteiger partial charge is 0.252 e. The average molecular weight is 461 g/mol. The van der Waals surface area contributed by atoms with E-state index < -0.39 is 27.9 Å². The van der Waals surface area contributed by atoms with Gasteiger partial charge in [0.2, 0.25) is 15.9 Å². The van der Waals surface area contributed by atoms with Crippen molar-refractivity contribution in [1.29, 1.82) is 0 Å². The number of hydrogen-bond donors (Lipinski definition) is 0. The third kappa shape index (κ3) is 4.40. The van der Waals surface area contributed by atoms with E-state index in [4.69, 9.17) is 11.6 Å². The van der Waals surface area contributed by atoms with Gasteiger partial charge in [0.05, 0.1) is 17.0 Å². The standard InChI is InChI=1S/C23H25ClN2O4S/c24-17-12-14-18(15-13-17)25-22(27)16-21(23(25)28)26(19-8-4-1-2-5-9-19)31(29,30)20-10-6-3-7-11-20/h3,6-7,10-15,19,21H,1-2,4-5,8-9,16H2. The van der Waals surface area contributed by atoms with E-state index in [1.54, 1.807) is 42.5 Å². The van der Waals surface area contributed by atoms with Crippen LogP contribution >= 0.6 is 11.6 Å². The Labute approximate surface area is 187 Å². The summed E-state index contributed by atoms with van der Waals surface area (Å²) in [5.74, 6) is -0.907. The highest BCUT2D eigenvalue weighted by atomic mass is 35.5. The van der Waals surface area contributed by atoms with Gasteiger partial charge in [-0.05, 0) is 49.2 Å². The zero-order valence-corrected chi connectivity index (χ0v) is 18.7. The SMILES string of the molecule is O=C1CC(N(C2CCCCCC2)S(=O)(=O)c2ccccc2)C(=O)N1c1ccc(Cl)cc1. The molecule has 2 aromatic carbocycles. The van der Waals surface area contributed by atoms with E-state index in [2.05, 4.69) is 0 Å². The van der Waals surface area contributed by atoms with Gasteiger partial charge >= 0.3 is 0 Å². The van der Waals surface area contributed by atoms with Crippen LogP contribution in [0.4, 0.5) is 5.69 Å². The molecule has 1 aliphatic carbocycles. The van der Waals surface area contributed by atoms with Crippen LogP contribution in [-0.4, -0.2) is 36.6 Å². The fourth-order valence-corrected chi connectivity index (χ4v) is 6.49. The van der Waals surface area contributed by atoms with Gasteiger partial charge in [-0.25, -0.2) is 13.3 Å². The molecule has 1 saturated heterocycles. The van der Waals surface area contributed by atoms with Gasteiger partial charge in [0, 0.05) is 11.1 Å². The summed E-state index contributed by atoms with van der Waals surface area (Å²) < 4.78 is 28.7. The molecule has 1 aliphatic heterocycles. The van der Waals surface area contributed by atoms with Crippen molar-refractivity contribution in [2.24, 2.45) is 0 Å². The lowest BCUT2D eigenvalue weighted by molar-refractivity contribution is -0.122. The molecule has 1 heterocycles. The minimum atomic E-state index is -3.96. The number of hydrogen-bond acceptors (Lipinski definition) is 4. The molecule has 31 heavy (non-hydrogen) atoms. The summed E-state index contributed by atoms with van der Waals surface area (Å²) >= 11 is 5.94. The Morgan fingerprint density at radius 1 is 0.871 bits per heavy atom. The summed E-state index contributed by atoms with van der Waals surface area (Å²) in [5, 5.41) is 0.492. The third-order valence-electron chi connectivity index (χ3n) is 6.02. The van der Waals surface area contributed by atoms with E-state index in [1.165, 1.54) is 16.4 Å². The number of anilines is 1.